The van der Waals surface area contributed by atoms with Crippen LogP contribution >= 0.6 is 0 Å². The third-order valence-corrected chi connectivity index (χ3v) is 5.26. The van der Waals surface area contributed by atoms with Crippen molar-refractivity contribution in [1.29, 1.82) is 0 Å². The largest absolute Gasteiger partial charge is 0.366 e. The maximum absolute atomic E-state index is 11.8. The van der Waals surface area contributed by atoms with E-state index in [1.807, 2.05) is 49.6 Å². The van der Waals surface area contributed by atoms with Gasteiger partial charge in [0.2, 0.25) is 5.91 Å². The Balaban J connectivity index is 1.59. The highest BCUT2D eigenvalue weighted by molar-refractivity contribution is 5.74. The van der Waals surface area contributed by atoms with Gasteiger partial charge < -0.3 is 10.2 Å². The summed E-state index contributed by atoms with van der Waals surface area (Å²) in [5.41, 5.74) is 4.11. The van der Waals surface area contributed by atoms with Gasteiger partial charge in [0, 0.05) is 69.2 Å². The molecule has 1 unspecified atom stereocenters. The standard InChI is InChI=1S/C21H25N7O/c1-14-23-11-19(21(26-14)18-5-7-28(13-18)15(2)29)17-4-6-22-20(8-17)24-9-16-10-25-27(3)12-16/h4,6,8,10-12,18H,5,7,9,13H2,1-3H3,(H,22,24). The van der Waals surface area contributed by atoms with Crippen LogP contribution in [0.25, 0.3) is 11.1 Å². The van der Waals surface area contributed by atoms with Gasteiger partial charge in [-0.1, -0.05) is 0 Å². The van der Waals surface area contributed by atoms with Crippen LogP contribution in [-0.4, -0.2) is 48.6 Å². The Bertz CT molecular complexity index is 1030. The molecule has 1 atom stereocenters. The topological polar surface area (TPSA) is 88.8 Å². The van der Waals surface area contributed by atoms with E-state index in [0.29, 0.717) is 13.1 Å². The number of rotatable bonds is 5. The Morgan fingerprint density at radius 3 is 2.90 bits per heavy atom. The normalized spacial score (nSPS) is 16.2. The molecule has 3 aromatic rings. The molecule has 3 aromatic heterocycles. The van der Waals surface area contributed by atoms with Crippen molar-refractivity contribution >= 4 is 11.7 Å². The first-order chi connectivity index (χ1) is 14.0. The number of aryl methyl sites for hydroxylation is 2. The predicted molar refractivity (Wildman–Crippen MR) is 110 cm³/mol. The monoisotopic (exact) mass is 391 g/mol. The lowest BCUT2D eigenvalue weighted by molar-refractivity contribution is -0.127. The van der Waals surface area contributed by atoms with Crippen LogP contribution in [0.15, 0.2) is 36.9 Å². The molecular weight excluding hydrogens is 366 g/mol. The first-order valence-corrected chi connectivity index (χ1v) is 9.76. The SMILES string of the molecule is CC(=O)N1CCC(c2nc(C)ncc2-c2ccnc(NCc3cnn(C)c3)c2)C1. The van der Waals surface area contributed by atoms with E-state index in [1.54, 1.807) is 17.8 Å². The minimum atomic E-state index is 0.116. The predicted octanol–water partition coefficient (Wildman–Crippen LogP) is 2.53. The summed E-state index contributed by atoms with van der Waals surface area (Å²) in [6, 6.07) is 4.00. The van der Waals surface area contributed by atoms with Gasteiger partial charge in [-0.15, -0.1) is 0 Å². The van der Waals surface area contributed by atoms with Gasteiger partial charge in [0.25, 0.3) is 0 Å². The first-order valence-electron chi connectivity index (χ1n) is 9.76. The number of pyridine rings is 1. The highest BCUT2D eigenvalue weighted by Gasteiger charge is 2.28. The molecule has 1 aliphatic rings. The van der Waals surface area contributed by atoms with E-state index in [4.69, 9.17) is 4.98 Å². The van der Waals surface area contributed by atoms with Crippen molar-refractivity contribution in [3.05, 3.63) is 54.0 Å². The second-order valence-electron chi connectivity index (χ2n) is 7.47. The summed E-state index contributed by atoms with van der Waals surface area (Å²) >= 11 is 0. The smallest absolute Gasteiger partial charge is 0.219 e. The van der Waals surface area contributed by atoms with Gasteiger partial charge in [0.1, 0.15) is 11.6 Å². The van der Waals surface area contributed by atoms with Crippen molar-refractivity contribution in [2.45, 2.75) is 32.7 Å². The summed E-state index contributed by atoms with van der Waals surface area (Å²) in [5.74, 6) is 1.87. The zero-order chi connectivity index (χ0) is 20.4. The Morgan fingerprint density at radius 2 is 2.17 bits per heavy atom. The second-order valence-corrected chi connectivity index (χ2v) is 7.47. The van der Waals surface area contributed by atoms with E-state index in [-0.39, 0.29) is 11.8 Å². The fraction of sp³-hybridized carbons (Fsp3) is 0.381. The summed E-state index contributed by atoms with van der Waals surface area (Å²) in [6.07, 6.45) is 8.41. The van der Waals surface area contributed by atoms with E-state index in [1.165, 1.54) is 0 Å². The molecule has 0 radical (unpaired) electrons. The van der Waals surface area contributed by atoms with Crippen LogP contribution in [0.1, 0.15) is 36.3 Å². The molecule has 1 amide bonds. The summed E-state index contributed by atoms with van der Waals surface area (Å²) in [4.78, 5) is 27.2. The van der Waals surface area contributed by atoms with Crippen LogP contribution in [0.4, 0.5) is 5.82 Å². The summed E-state index contributed by atoms with van der Waals surface area (Å²) in [5, 5.41) is 7.54. The quantitative estimate of drug-likeness (QED) is 0.719. The van der Waals surface area contributed by atoms with Crippen LogP contribution in [-0.2, 0) is 18.4 Å². The number of hydrogen-bond donors (Lipinski definition) is 1. The molecule has 29 heavy (non-hydrogen) atoms. The molecule has 150 valence electrons. The number of aromatic nitrogens is 5. The fourth-order valence-electron chi connectivity index (χ4n) is 3.74. The van der Waals surface area contributed by atoms with E-state index in [9.17, 15) is 4.79 Å². The van der Waals surface area contributed by atoms with Crippen LogP contribution < -0.4 is 5.32 Å². The van der Waals surface area contributed by atoms with Crippen molar-refractivity contribution < 1.29 is 4.79 Å². The van der Waals surface area contributed by atoms with Gasteiger partial charge >= 0.3 is 0 Å². The maximum atomic E-state index is 11.8. The lowest BCUT2D eigenvalue weighted by Gasteiger charge is -2.17. The van der Waals surface area contributed by atoms with Crippen LogP contribution in [0.2, 0.25) is 0 Å². The fourth-order valence-corrected chi connectivity index (χ4v) is 3.74. The van der Waals surface area contributed by atoms with Crippen molar-refractivity contribution in [3.63, 3.8) is 0 Å². The summed E-state index contributed by atoms with van der Waals surface area (Å²) < 4.78 is 1.78. The average molecular weight is 391 g/mol. The molecule has 0 bridgehead atoms. The van der Waals surface area contributed by atoms with Crippen molar-refractivity contribution in [3.8, 4) is 11.1 Å². The van der Waals surface area contributed by atoms with Gasteiger partial charge in [-0.3, -0.25) is 9.48 Å². The molecule has 8 nitrogen and oxygen atoms in total. The lowest BCUT2D eigenvalue weighted by atomic mass is 9.96. The Hall–Kier alpha value is -3.29. The number of anilines is 1. The average Bonchev–Trinajstić information content (AvgIpc) is 3.36. The van der Waals surface area contributed by atoms with Gasteiger partial charge in [-0.05, 0) is 31.0 Å². The molecule has 1 saturated heterocycles. The van der Waals surface area contributed by atoms with Crippen molar-refractivity contribution in [2.24, 2.45) is 7.05 Å². The van der Waals surface area contributed by atoms with Crippen molar-refractivity contribution in [1.82, 2.24) is 29.6 Å². The van der Waals surface area contributed by atoms with E-state index < -0.39 is 0 Å². The van der Waals surface area contributed by atoms with E-state index in [2.05, 4.69) is 20.4 Å². The zero-order valence-electron chi connectivity index (χ0n) is 17.0. The van der Waals surface area contributed by atoms with E-state index >= 15 is 0 Å². The second kappa shape index (κ2) is 7.98. The molecule has 1 fully saturated rings. The Labute approximate surface area is 170 Å². The number of carbonyl (C=O) groups is 1. The number of carbonyl (C=O) groups excluding carboxylic acids is 1. The number of nitrogens with zero attached hydrogens (tertiary/aromatic N) is 6. The van der Waals surface area contributed by atoms with Gasteiger partial charge in [0.05, 0.1) is 11.9 Å². The Morgan fingerprint density at radius 1 is 1.31 bits per heavy atom. The molecule has 0 aromatic carbocycles. The molecular formula is C21H25N7O. The molecule has 8 heteroatoms. The number of hydrogen-bond acceptors (Lipinski definition) is 6. The first kappa shape index (κ1) is 19.0. The molecule has 0 saturated carbocycles. The number of amides is 1. The van der Waals surface area contributed by atoms with E-state index in [0.717, 1.165) is 47.0 Å². The van der Waals surface area contributed by atoms with Crippen molar-refractivity contribution in [2.75, 3.05) is 18.4 Å². The molecule has 4 heterocycles. The minimum absolute atomic E-state index is 0.116. The molecule has 0 spiro atoms. The molecule has 0 aliphatic carbocycles. The van der Waals surface area contributed by atoms with Crippen LogP contribution in [0, 0.1) is 6.92 Å². The highest BCUT2D eigenvalue weighted by Crippen LogP contribution is 2.33. The Kier molecular flexibility index (Phi) is 5.24. The van der Waals surface area contributed by atoms with Crippen LogP contribution in [0.3, 0.4) is 0 Å². The van der Waals surface area contributed by atoms with Gasteiger partial charge in [0.15, 0.2) is 0 Å². The molecule has 4 rings (SSSR count). The lowest BCUT2D eigenvalue weighted by Crippen LogP contribution is -2.25. The molecule has 1 aliphatic heterocycles. The highest BCUT2D eigenvalue weighted by atomic mass is 16.2. The number of nitrogens with one attached hydrogen (secondary N) is 1. The van der Waals surface area contributed by atoms with Gasteiger partial charge in [-0.25, -0.2) is 15.0 Å². The maximum Gasteiger partial charge on any atom is 0.219 e. The third-order valence-electron chi connectivity index (χ3n) is 5.26. The van der Waals surface area contributed by atoms with Gasteiger partial charge in [-0.2, -0.15) is 5.10 Å². The number of likely N-dealkylation sites (tertiary alicyclic amines) is 1. The third kappa shape index (κ3) is 4.26. The minimum Gasteiger partial charge on any atom is -0.366 e. The summed E-state index contributed by atoms with van der Waals surface area (Å²) in [7, 11) is 1.90. The summed E-state index contributed by atoms with van der Waals surface area (Å²) in [6.45, 7) is 5.65. The van der Waals surface area contributed by atoms with Crippen LogP contribution in [0.5, 0.6) is 0 Å². The zero-order valence-corrected chi connectivity index (χ0v) is 17.0. The molecule has 1 N–H and O–H groups in total.